The van der Waals surface area contributed by atoms with Gasteiger partial charge < -0.3 is 4.74 Å². The summed E-state index contributed by atoms with van der Waals surface area (Å²) in [6.45, 7) is -0.887. The lowest BCUT2D eigenvalue weighted by molar-refractivity contribution is -0.0546. The molecule has 0 unspecified atom stereocenters. The quantitative estimate of drug-likeness (QED) is 0.473. The van der Waals surface area contributed by atoms with Crippen LogP contribution in [0.25, 0.3) is 0 Å². The first kappa shape index (κ1) is 20.5. The molecule has 0 atom stereocenters. The van der Waals surface area contributed by atoms with Crippen molar-refractivity contribution in [1.82, 2.24) is 0 Å². The third-order valence-corrected chi connectivity index (χ3v) is 6.56. The van der Waals surface area contributed by atoms with Crippen LogP contribution < -0.4 is 4.74 Å². The zero-order valence-corrected chi connectivity index (χ0v) is 16.0. The molecule has 152 valence electrons. The van der Waals surface area contributed by atoms with Crippen molar-refractivity contribution < 1.29 is 22.3 Å². The standard InChI is InChI=1S/C22H30F4O/c1-14-2-4-15(5-3-14)10-16-6-8-17(9-7-16)11-18-12-19(23)21(20(24)13-18)27-22(25)26/h12-17,22H,2-11H2,1H3. The van der Waals surface area contributed by atoms with Gasteiger partial charge >= 0.3 is 6.61 Å². The van der Waals surface area contributed by atoms with Gasteiger partial charge in [0.05, 0.1) is 0 Å². The predicted molar refractivity (Wildman–Crippen MR) is 97.9 cm³/mol. The molecule has 2 aliphatic carbocycles. The van der Waals surface area contributed by atoms with Crippen molar-refractivity contribution in [1.29, 1.82) is 0 Å². The van der Waals surface area contributed by atoms with E-state index < -0.39 is 24.0 Å². The minimum absolute atomic E-state index is 0.410. The van der Waals surface area contributed by atoms with Crippen molar-refractivity contribution in [2.45, 2.75) is 77.7 Å². The molecule has 1 aromatic carbocycles. The van der Waals surface area contributed by atoms with E-state index in [1.54, 1.807) is 0 Å². The lowest BCUT2D eigenvalue weighted by Crippen LogP contribution is -2.21. The van der Waals surface area contributed by atoms with E-state index in [9.17, 15) is 17.6 Å². The average Bonchev–Trinajstić information content (AvgIpc) is 2.62. The average molecular weight is 386 g/mol. The summed E-state index contributed by atoms with van der Waals surface area (Å²) in [7, 11) is 0. The van der Waals surface area contributed by atoms with Crippen LogP contribution in [0.1, 0.15) is 70.3 Å². The highest BCUT2D eigenvalue weighted by molar-refractivity contribution is 5.31. The molecule has 2 saturated carbocycles. The molecule has 3 rings (SSSR count). The van der Waals surface area contributed by atoms with E-state index in [1.165, 1.54) is 44.9 Å². The fourth-order valence-electron chi connectivity index (χ4n) is 4.97. The van der Waals surface area contributed by atoms with Crippen LogP contribution in [0.15, 0.2) is 12.1 Å². The molecule has 0 bridgehead atoms. The number of rotatable bonds is 6. The fraction of sp³-hybridized carbons (Fsp3) is 0.727. The molecule has 5 heteroatoms. The summed E-state index contributed by atoms with van der Waals surface area (Å²) in [6.07, 6.45) is 11.9. The van der Waals surface area contributed by atoms with Gasteiger partial charge in [-0.05, 0) is 67.1 Å². The van der Waals surface area contributed by atoms with E-state index in [0.29, 0.717) is 17.9 Å². The zero-order chi connectivity index (χ0) is 19.4. The summed E-state index contributed by atoms with van der Waals surface area (Å²) in [4.78, 5) is 0. The number of alkyl halides is 2. The van der Waals surface area contributed by atoms with Crippen LogP contribution in [-0.2, 0) is 6.42 Å². The Balaban J connectivity index is 1.47. The van der Waals surface area contributed by atoms with Crippen molar-refractivity contribution >= 4 is 0 Å². The first-order chi connectivity index (χ1) is 12.9. The Morgan fingerprint density at radius 2 is 1.33 bits per heavy atom. The highest BCUT2D eigenvalue weighted by Gasteiger charge is 2.26. The van der Waals surface area contributed by atoms with Gasteiger partial charge in [0, 0.05) is 0 Å². The number of halogens is 4. The molecular weight excluding hydrogens is 356 g/mol. The zero-order valence-electron chi connectivity index (χ0n) is 16.0. The molecule has 2 fully saturated rings. The predicted octanol–water partition coefficient (Wildman–Crippen LogP) is 7.13. The summed E-state index contributed by atoms with van der Waals surface area (Å²) in [6, 6.07) is 2.27. The summed E-state index contributed by atoms with van der Waals surface area (Å²) in [5, 5.41) is 0. The van der Waals surface area contributed by atoms with Gasteiger partial charge in [-0.3, -0.25) is 0 Å². The van der Waals surface area contributed by atoms with E-state index in [4.69, 9.17) is 0 Å². The molecule has 27 heavy (non-hydrogen) atoms. The topological polar surface area (TPSA) is 9.23 Å². The smallest absolute Gasteiger partial charge is 0.387 e. The van der Waals surface area contributed by atoms with Gasteiger partial charge in [-0.2, -0.15) is 8.78 Å². The van der Waals surface area contributed by atoms with Crippen LogP contribution >= 0.6 is 0 Å². The molecule has 0 radical (unpaired) electrons. The van der Waals surface area contributed by atoms with Crippen molar-refractivity contribution in [3.8, 4) is 5.75 Å². The molecule has 0 heterocycles. The van der Waals surface area contributed by atoms with E-state index in [1.807, 2.05) is 0 Å². The highest BCUT2D eigenvalue weighted by atomic mass is 19.3. The Labute approximate surface area is 159 Å². The molecule has 1 nitrogen and oxygen atoms in total. The van der Waals surface area contributed by atoms with Gasteiger partial charge in [-0.1, -0.05) is 45.4 Å². The third-order valence-electron chi connectivity index (χ3n) is 6.56. The lowest BCUT2D eigenvalue weighted by Gasteiger charge is -2.33. The summed E-state index contributed by atoms with van der Waals surface area (Å²) >= 11 is 0. The second kappa shape index (κ2) is 9.29. The van der Waals surface area contributed by atoms with Crippen LogP contribution in [0.5, 0.6) is 5.75 Å². The van der Waals surface area contributed by atoms with Crippen LogP contribution in [0.3, 0.4) is 0 Å². The Bertz CT molecular complexity index is 579. The molecule has 1 aromatic rings. The second-order valence-electron chi connectivity index (χ2n) is 8.72. The van der Waals surface area contributed by atoms with E-state index in [-0.39, 0.29) is 0 Å². The maximum atomic E-state index is 13.9. The Morgan fingerprint density at radius 1 is 0.852 bits per heavy atom. The molecular formula is C22H30F4O. The van der Waals surface area contributed by atoms with Crippen molar-refractivity contribution in [2.75, 3.05) is 0 Å². The Morgan fingerprint density at radius 3 is 1.85 bits per heavy atom. The molecule has 0 aliphatic heterocycles. The SMILES string of the molecule is CC1CCC(CC2CCC(Cc3cc(F)c(OC(F)F)c(F)c3)CC2)CC1. The van der Waals surface area contributed by atoms with Crippen molar-refractivity contribution in [3.05, 3.63) is 29.3 Å². The van der Waals surface area contributed by atoms with Crippen LogP contribution in [0.2, 0.25) is 0 Å². The molecule has 0 N–H and O–H groups in total. The maximum absolute atomic E-state index is 13.9. The van der Waals surface area contributed by atoms with Gasteiger partial charge in [-0.15, -0.1) is 0 Å². The van der Waals surface area contributed by atoms with Crippen molar-refractivity contribution in [2.24, 2.45) is 23.7 Å². The van der Waals surface area contributed by atoms with E-state index in [0.717, 1.165) is 42.7 Å². The Kier molecular flexibility index (Phi) is 7.04. The third kappa shape index (κ3) is 5.86. The van der Waals surface area contributed by atoms with Gasteiger partial charge in [-0.25, -0.2) is 8.78 Å². The van der Waals surface area contributed by atoms with E-state index >= 15 is 0 Å². The van der Waals surface area contributed by atoms with Crippen LogP contribution in [0.4, 0.5) is 17.6 Å². The molecule has 0 spiro atoms. The Hall–Kier alpha value is -1.26. The maximum Gasteiger partial charge on any atom is 0.387 e. The summed E-state index contributed by atoms with van der Waals surface area (Å²) in [5.41, 5.74) is 0.524. The largest absolute Gasteiger partial charge is 0.429 e. The molecule has 0 saturated heterocycles. The van der Waals surface area contributed by atoms with Gasteiger partial charge in [0.25, 0.3) is 0 Å². The summed E-state index contributed by atoms with van der Waals surface area (Å²) in [5.74, 6) is -0.123. The lowest BCUT2D eigenvalue weighted by atomic mass is 9.72. The van der Waals surface area contributed by atoms with Gasteiger partial charge in [0.15, 0.2) is 17.4 Å². The van der Waals surface area contributed by atoms with Crippen LogP contribution in [-0.4, -0.2) is 6.61 Å². The van der Waals surface area contributed by atoms with Crippen LogP contribution in [0, 0.1) is 35.3 Å². The second-order valence-corrected chi connectivity index (χ2v) is 8.72. The number of ether oxygens (including phenoxy) is 1. The number of hydrogen-bond acceptors (Lipinski definition) is 1. The molecule has 0 amide bonds. The minimum atomic E-state index is -3.23. The fourth-order valence-corrected chi connectivity index (χ4v) is 4.97. The number of benzene rings is 1. The highest BCUT2D eigenvalue weighted by Crippen LogP contribution is 2.39. The normalized spacial score (nSPS) is 29.1. The first-order valence-electron chi connectivity index (χ1n) is 10.3. The summed E-state index contributed by atoms with van der Waals surface area (Å²) < 4.78 is 56.1. The monoisotopic (exact) mass is 386 g/mol. The first-order valence-corrected chi connectivity index (χ1v) is 10.3. The van der Waals surface area contributed by atoms with Gasteiger partial charge in [0.1, 0.15) is 0 Å². The minimum Gasteiger partial charge on any atom is -0.429 e. The number of hydrogen-bond donors (Lipinski definition) is 0. The van der Waals surface area contributed by atoms with Gasteiger partial charge in [0.2, 0.25) is 0 Å². The van der Waals surface area contributed by atoms with E-state index in [2.05, 4.69) is 11.7 Å². The van der Waals surface area contributed by atoms with Crippen molar-refractivity contribution in [3.63, 3.8) is 0 Å². The molecule has 2 aliphatic rings. The molecule has 0 aromatic heterocycles.